The predicted molar refractivity (Wildman–Crippen MR) is 122 cm³/mol. The molecule has 0 aromatic heterocycles. The van der Waals surface area contributed by atoms with E-state index in [-0.39, 0.29) is 17.1 Å². The lowest BCUT2D eigenvalue weighted by Gasteiger charge is -2.19. The summed E-state index contributed by atoms with van der Waals surface area (Å²) in [4.78, 5) is 12.3. The van der Waals surface area contributed by atoms with Crippen molar-refractivity contribution in [3.63, 3.8) is 0 Å². The SMILES string of the molecule is COc1cc(-c2ccc(F)cc2)c(OC)c(C(=O)O)c1-c1ccc(OCC=C(C)C)cc1. The number of allylic oxidation sites excluding steroid dienone is 1. The Morgan fingerprint density at radius 1 is 0.969 bits per heavy atom. The van der Waals surface area contributed by atoms with E-state index >= 15 is 0 Å². The van der Waals surface area contributed by atoms with Gasteiger partial charge in [0.2, 0.25) is 0 Å². The van der Waals surface area contributed by atoms with Gasteiger partial charge in [-0.1, -0.05) is 29.8 Å². The summed E-state index contributed by atoms with van der Waals surface area (Å²) < 4.78 is 30.2. The number of carboxylic acids is 1. The Bertz CT molecular complexity index is 1130. The molecule has 5 nitrogen and oxygen atoms in total. The molecule has 32 heavy (non-hydrogen) atoms. The summed E-state index contributed by atoms with van der Waals surface area (Å²) in [6.45, 7) is 4.44. The van der Waals surface area contributed by atoms with Crippen molar-refractivity contribution in [1.29, 1.82) is 0 Å². The normalized spacial score (nSPS) is 10.4. The van der Waals surface area contributed by atoms with Gasteiger partial charge < -0.3 is 19.3 Å². The number of hydrogen-bond donors (Lipinski definition) is 1. The molecule has 0 saturated carbocycles. The highest BCUT2D eigenvalue weighted by molar-refractivity contribution is 6.04. The van der Waals surface area contributed by atoms with Gasteiger partial charge in [-0.25, -0.2) is 9.18 Å². The molecule has 0 aliphatic heterocycles. The molecule has 0 aliphatic carbocycles. The Morgan fingerprint density at radius 2 is 1.59 bits per heavy atom. The largest absolute Gasteiger partial charge is 0.496 e. The van der Waals surface area contributed by atoms with Crippen molar-refractivity contribution in [3.8, 4) is 39.5 Å². The number of hydrogen-bond acceptors (Lipinski definition) is 4. The monoisotopic (exact) mass is 436 g/mol. The van der Waals surface area contributed by atoms with E-state index in [0.717, 1.165) is 5.57 Å². The Hall–Kier alpha value is -3.80. The summed E-state index contributed by atoms with van der Waals surface area (Å²) in [5.41, 5.74) is 3.25. The Balaban J connectivity index is 2.14. The lowest BCUT2D eigenvalue weighted by atomic mass is 9.92. The molecule has 0 heterocycles. The number of methoxy groups -OCH3 is 2. The first-order valence-corrected chi connectivity index (χ1v) is 10.0. The van der Waals surface area contributed by atoms with Gasteiger partial charge >= 0.3 is 5.97 Å². The maximum atomic E-state index is 13.4. The zero-order valence-electron chi connectivity index (χ0n) is 18.4. The quantitative estimate of drug-likeness (QED) is 0.425. The highest BCUT2D eigenvalue weighted by Gasteiger charge is 2.26. The average Bonchev–Trinajstić information content (AvgIpc) is 2.78. The Kier molecular flexibility index (Phi) is 7.15. The first kappa shape index (κ1) is 22.9. The molecule has 0 spiro atoms. The van der Waals surface area contributed by atoms with Crippen LogP contribution in [0, 0.1) is 5.82 Å². The van der Waals surface area contributed by atoms with Crippen molar-refractivity contribution in [1.82, 2.24) is 0 Å². The van der Waals surface area contributed by atoms with Crippen LogP contribution in [0.4, 0.5) is 4.39 Å². The standard InChI is InChI=1S/C26H25FO5/c1-16(2)13-14-32-20-11-7-18(8-12-20)23-22(30-3)15-21(17-5-9-19(27)10-6-17)25(31-4)24(23)26(28)29/h5-13,15H,14H2,1-4H3,(H,28,29). The van der Waals surface area contributed by atoms with Crippen molar-refractivity contribution in [2.45, 2.75) is 13.8 Å². The highest BCUT2D eigenvalue weighted by atomic mass is 19.1. The first-order valence-electron chi connectivity index (χ1n) is 10.0. The molecule has 166 valence electrons. The molecular formula is C26H25FO5. The predicted octanol–water partition coefficient (Wildman–Crippen LogP) is 6.22. The third-order valence-electron chi connectivity index (χ3n) is 4.92. The molecule has 0 aliphatic rings. The van der Waals surface area contributed by atoms with Crippen molar-refractivity contribution in [3.05, 3.63) is 77.6 Å². The summed E-state index contributed by atoms with van der Waals surface area (Å²) in [5, 5.41) is 10.1. The number of ether oxygens (including phenoxy) is 3. The second-order valence-electron chi connectivity index (χ2n) is 7.34. The number of benzene rings is 3. The third-order valence-corrected chi connectivity index (χ3v) is 4.92. The van der Waals surface area contributed by atoms with Crippen LogP contribution >= 0.6 is 0 Å². The van der Waals surface area contributed by atoms with E-state index in [1.54, 1.807) is 42.5 Å². The molecule has 0 fully saturated rings. The minimum atomic E-state index is -1.16. The van der Waals surface area contributed by atoms with E-state index in [9.17, 15) is 14.3 Å². The molecule has 3 aromatic rings. The first-order chi connectivity index (χ1) is 15.3. The molecule has 0 unspecified atom stereocenters. The van der Waals surface area contributed by atoms with Gasteiger partial charge in [-0.2, -0.15) is 0 Å². The topological polar surface area (TPSA) is 65.0 Å². The minimum absolute atomic E-state index is 0.0376. The van der Waals surface area contributed by atoms with Crippen molar-refractivity contribution < 1.29 is 28.5 Å². The Labute approximate surface area is 186 Å². The van der Waals surface area contributed by atoms with Crippen molar-refractivity contribution in [2.75, 3.05) is 20.8 Å². The van der Waals surface area contributed by atoms with Crippen LogP contribution in [0.25, 0.3) is 22.3 Å². The van der Waals surface area contributed by atoms with E-state index in [2.05, 4.69) is 0 Å². The lowest BCUT2D eigenvalue weighted by molar-refractivity contribution is 0.0694. The fraction of sp³-hybridized carbons (Fsp3) is 0.192. The molecule has 0 radical (unpaired) electrons. The molecule has 0 atom stereocenters. The second-order valence-corrected chi connectivity index (χ2v) is 7.34. The third kappa shape index (κ3) is 4.91. The summed E-state index contributed by atoms with van der Waals surface area (Å²) in [6, 6.07) is 14.6. The number of carboxylic acid groups (broad SMARTS) is 1. The highest BCUT2D eigenvalue weighted by Crippen LogP contribution is 2.45. The van der Waals surface area contributed by atoms with Crippen LogP contribution in [-0.4, -0.2) is 31.9 Å². The van der Waals surface area contributed by atoms with Crippen LogP contribution in [0.1, 0.15) is 24.2 Å². The van der Waals surface area contributed by atoms with E-state index in [0.29, 0.717) is 40.4 Å². The van der Waals surface area contributed by atoms with Gasteiger partial charge in [-0.05, 0) is 61.4 Å². The van der Waals surface area contributed by atoms with Gasteiger partial charge in [-0.3, -0.25) is 0 Å². The smallest absolute Gasteiger partial charge is 0.340 e. The average molecular weight is 436 g/mol. The van der Waals surface area contributed by atoms with Crippen LogP contribution < -0.4 is 14.2 Å². The van der Waals surface area contributed by atoms with Crippen LogP contribution in [0.3, 0.4) is 0 Å². The van der Waals surface area contributed by atoms with Crippen LogP contribution in [0.2, 0.25) is 0 Å². The maximum absolute atomic E-state index is 13.4. The number of halogens is 1. The van der Waals surface area contributed by atoms with Crippen molar-refractivity contribution in [2.24, 2.45) is 0 Å². The van der Waals surface area contributed by atoms with Crippen LogP contribution in [0.5, 0.6) is 17.2 Å². The lowest BCUT2D eigenvalue weighted by Crippen LogP contribution is -2.07. The molecule has 6 heteroatoms. The van der Waals surface area contributed by atoms with Gasteiger partial charge in [0, 0.05) is 11.1 Å². The van der Waals surface area contributed by atoms with Gasteiger partial charge in [0.15, 0.2) is 0 Å². The number of rotatable bonds is 8. The molecule has 0 amide bonds. The van der Waals surface area contributed by atoms with Crippen LogP contribution in [-0.2, 0) is 0 Å². The molecule has 0 bridgehead atoms. The summed E-state index contributed by atoms with van der Waals surface area (Å²) >= 11 is 0. The van der Waals surface area contributed by atoms with Gasteiger partial charge in [0.25, 0.3) is 0 Å². The number of aromatic carboxylic acids is 1. The van der Waals surface area contributed by atoms with Crippen molar-refractivity contribution >= 4 is 5.97 Å². The molecule has 3 rings (SSSR count). The van der Waals surface area contributed by atoms with Gasteiger partial charge in [-0.15, -0.1) is 0 Å². The molecule has 3 aromatic carbocycles. The summed E-state index contributed by atoms with van der Waals surface area (Å²) in [7, 11) is 2.88. The summed E-state index contributed by atoms with van der Waals surface area (Å²) in [6.07, 6.45) is 1.97. The van der Waals surface area contributed by atoms with E-state index in [4.69, 9.17) is 14.2 Å². The second kappa shape index (κ2) is 10.0. The molecular weight excluding hydrogens is 411 g/mol. The molecule has 0 saturated heterocycles. The zero-order chi connectivity index (χ0) is 23.3. The van der Waals surface area contributed by atoms with Crippen LogP contribution in [0.15, 0.2) is 66.2 Å². The molecule has 1 N–H and O–H groups in total. The van der Waals surface area contributed by atoms with Gasteiger partial charge in [0.1, 0.15) is 35.2 Å². The number of carbonyl (C=O) groups is 1. The summed E-state index contributed by atoms with van der Waals surface area (Å²) in [5.74, 6) is -0.355. The fourth-order valence-electron chi connectivity index (χ4n) is 3.37. The maximum Gasteiger partial charge on any atom is 0.340 e. The minimum Gasteiger partial charge on any atom is -0.496 e. The van der Waals surface area contributed by atoms with Gasteiger partial charge in [0.05, 0.1) is 14.2 Å². The Morgan fingerprint density at radius 3 is 2.12 bits per heavy atom. The van der Waals surface area contributed by atoms with E-state index < -0.39 is 5.97 Å². The van der Waals surface area contributed by atoms with E-state index in [1.807, 2.05) is 19.9 Å². The fourth-order valence-corrected chi connectivity index (χ4v) is 3.37. The van der Waals surface area contributed by atoms with E-state index in [1.165, 1.54) is 26.4 Å². The zero-order valence-corrected chi connectivity index (χ0v) is 18.4.